The Hall–Kier alpha value is -2.45. The van der Waals surface area contributed by atoms with Crippen LogP contribution < -0.4 is 16.0 Å². The highest BCUT2D eigenvalue weighted by molar-refractivity contribution is 5.81. The molecule has 1 heterocycles. The van der Waals surface area contributed by atoms with Crippen LogP contribution in [0.4, 0.5) is 17.3 Å². The van der Waals surface area contributed by atoms with E-state index in [0.29, 0.717) is 0 Å². The number of anilines is 2. The highest BCUT2D eigenvalue weighted by Gasteiger charge is 2.28. The molecule has 0 atom stereocenters. The second-order valence-corrected chi connectivity index (χ2v) is 4.09. The average molecular weight is 268 g/mol. The summed E-state index contributed by atoms with van der Waals surface area (Å²) in [5, 5.41) is 13.8. The summed E-state index contributed by atoms with van der Waals surface area (Å²) in [4.78, 5) is 30.8. The highest BCUT2D eigenvalue weighted by atomic mass is 16.6. The average Bonchev–Trinajstić information content (AvgIpc) is 2.34. The first-order valence-corrected chi connectivity index (χ1v) is 5.60. The number of carbonyl (C=O) groups excluding carboxylic acids is 1. The summed E-state index contributed by atoms with van der Waals surface area (Å²) in [7, 11) is 1.52. The number of nitrogens with two attached hydrogens (primary N) is 1. The molecule has 1 aromatic rings. The van der Waals surface area contributed by atoms with Gasteiger partial charge in [0, 0.05) is 13.1 Å². The SMILES string of the molecule is CNc1ncnc(N(CC(N)=O)C(C)C)c1[N+](=O)[O-]. The Kier molecular flexibility index (Phi) is 4.56. The lowest BCUT2D eigenvalue weighted by molar-refractivity contribution is -0.383. The maximum absolute atomic E-state index is 11.2. The molecule has 0 radical (unpaired) electrons. The van der Waals surface area contributed by atoms with Gasteiger partial charge in [0.1, 0.15) is 6.33 Å². The van der Waals surface area contributed by atoms with Gasteiger partial charge in [0.2, 0.25) is 17.5 Å². The van der Waals surface area contributed by atoms with Crippen molar-refractivity contribution in [1.29, 1.82) is 0 Å². The number of carbonyl (C=O) groups is 1. The van der Waals surface area contributed by atoms with Gasteiger partial charge in [-0.25, -0.2) is 9.97 Å². The topological polar surface area (TPSA) is 127 Å². The van der Waals surface area contributed by atoms with Crippen molar-refractivity contribution in [2.24, 2.45) is 5.73 Å². The normalized spacial score (nSPS) is 10.3. The molecule has 0 bridgehead atoms. The van der Waals surface area contributed by atoms with Crippen molar-refractivity contribution in [3.05, 3.63) is 16.4 Å². The molecule has 9 nitrogen and oxygen atoms in total. The zero-order chi connectivity index (χ0) is 14.6. The van der Waals surface area contributed by atoms with Gasteiger partial charge < -0.3 is 16.0 Å². The van der Waals surface area contributed by atoms with E-state index in [-0.39, 0.29) is 29.9 Å². The second kappa shape index (κ2) is 5.94. The molecule has 3 N–H and O–H groups in total. The quantitative estimate of drug-likeness (QED) is 0.554. The molecule has 19 heavy (non-hydrogen) atoms. The number of nitrogens with zero attached hydrogens (tertiary/aromatic N) is 4. The molecule has 0 aromatic carbocycles. The molecule has 9 heteroatoms. The fourth-order valence-corrected chi connectivity index (χ4v) is 1.60. The van der Waals surface area contributed by atoms with E-state index in [9.17, 15) is 14.9 Å². The maximum Gasteiger partial charge on any atom is 0.353 e. The van der Waals surface area contributed by atoms with E-state index in [1.54, 1.807) is 13.8 Å². The minimum Gasteiger partial charge on any atom is -0.368 e. The Balaban J connectivity index is 3.37. The van der Waals surface area contributed by atoms with Crippen LogP contribution in [0, 0.1) is 10.1 Å². The van der Waals surface area contributed by atoms with Gasteiger partial charge in [-0.1, -0.05) is 0 Å². The molecule has 0 unspecified atom stereocenters. The lowest BCUT2D eigenvalue weighted by atomic mass is 10.3. The minimum absolute atomic E-state index is 0.0677. The first-order chi connectivity index (χ1) is 8.88. The third kappa shape index (κ3) is 3.27. The molecule has 0 saturated carbocycles. The van der Waals surface area contributed by atoms with E-state index in [1.165, 1.54) is 18.3 Å². The third-order valence-electron chi connectivity index (χ3n) is 2.44. The molecule has 0 fully saturated rings. The molecular weight excluding hydrogens is 252 g/mol. The van der Waals surface area contributed by atoms with Crippen LogP contribution in [-0.4, -0.2) is 40.4 Å². The summed E-state index contributed by atoms with van der Waals surface area (Å²) >= 11 is 0. The van der Waals surface area contributed by atoms with Crippen molar-refractivity contribution in [3.8, 4) is 0 Å². The Bertz CT molecular complexity index is 490. The van der Waals surface area contributed by atoms with Gasteiger partial charge in [0.15, 0.2) is 0 Å². The predicted molar refractivity (Wildman–Crippen MR) is 69.9 cm³/mol. The molecular formula is C10H16N6O3. The van der Waals surface area contributed by atoms with E-state index >= 15 is 0 Å². The van der Waals surface area contributed by atoms with Gasteiger partial charge in [-0.2, -0.15) is 0 Å². The number of nitro groups is 1. The van der Waals surface area contributed by atoms with Gasteiger partial charge in [0.25, 0.3) is 0 Å². The van der Waals surface area contributed by atoms with Gasteiger partial charge >= 0.3 is 5.69 Å². The molecule has 1 amide bonds. The van der Waals surface area contributed by atoms with E-state index in [4.69, 9.17) is 5.73 Å². The van der Waals surface area contributed by atoms with E-state index in [1.807, 2.05) is 0 Å². The molecule has 1 rings (SSSR count). The number of primary amides is 1. The standard InChI is InChI=1S/C10H16N6O3/c1-6(2)15(4-7(11)17)10-8(16(18)19)9(12-3)13-5-14-10/h5-6H,4H2,1-3H3,(H2,11,17)(H,12,13,14). The Labute approximate surface area is 110 Å². The summed E-state index contributed by atoms with van der Waals surface area (Å²) in [6, 6.07) is -0.175. The fraction of sp³-hybridized carbons (Fsp3) is 0.500. The van der Waals surface area contributed by atoms with E-state index in [0.717, 1.165) is 0 Å². The number of amides is 1. The second-order valence-electron chi connectivity index (χ2n) is 4.09. The van der Waals surface area contributed by atoms with E-state index in [2.05, 4.69) is 15.3 Å². The van der Waals surface area contributed by atoms with Crippen LogP contribution in [0.3, 0.4) is 0 Å². The molecule has 0 aliphatic heterocycles. The fourth-order valence-electron chi connectivity index (χ4n) is 1.60. The van der Waals surface area contributed by atoms with Crippen LogP contribution >= 0.6 is 0 Å². The molecule has 0 spiro atoms. The molecule has 0 saturated heterocycles. The number of hydrogen-bond acceptors (Lipinski definition) is 7. The van der Waals surface area contributed by atoms with Crippen molar-refractivity contribution in [3.63, 3.8) is 0 Å². The molecule has 104 valence electrons. The maximum atomic E-state index is 11.2. The molecule has 1 aromatic heterocycles. The summed E-state index contributed by atoms with van der Waals surface area (Å²) in [5.41, 5.74) is 4.88. The van der Waals surface area contributed by atoms with Crippen molar-refractivity contribution in [2.75, 3.05) is 23.8 Å². The van der Waals surface area contributed by atoms with Crippen molar-refractivity contribution in [1.82, 2.24) is 9.97 Å². The van der Waals surface area contributed by atoms with Crippen molar-refractivity contribution < 1.29 is 9.72 Å². The summed E-state index contributed by atoms with van der Waals surface area (Å²) < 4.78 is 0. The number of hydrogen-bond donors (Lipinski definition) is 2. The number of nitrogens with one attached hydrogen (secondary N) is 1. The summed E-state index contributed by atoms with van der Waals surface area (Å²) in [6.07, 6.45) is 1.20. The van der Waals surface area contributed by atoms with Crippen LogP contribution in [0.1, 0.15) is 13.8 Å². The first kappa shape index (κ1) is 14.6. The van der Waals surface area contributed by atoms with Crippen LogP contribution in [0.2, 0.25) is 0 Å². The van der Waals surface area contributed by atoms with Crippen LogP contribution in [0.5, 0.6) is 0 Å². The van der Waals surface area contributed by atoms with Gasteiger partial charge in [-0.05, 0) is 13.8 Å². The van der Waals surface area contributed by atoms with Crippen molar-refractivity contribution >= 4 is 23.2 Å². The highest BCUT2D eigenvalue weighted by Crippen LogP contribution is 2.32. The number of rotatable bonds is 6. The Morgan fingerprint density at radius 3 is 2.63 bits per heavy atom. The van der Waals surface area contributed by atoms with Gasteiger partial charge in [0.05, 0.1) is 11.5 Å². The minimum atomic E-state index is -0.590. The lowest BCUT2D eigenvalue weighted by Gasteiger charge is -2.26. The predicted octanol–water partition coefficient (Wildman–Crippen LogP) is 0.127. The Morgan fingerprint density at radius 1 is 1.58 bits per heavy atom. The largest absolute Gasteiger partial charge is 0.368 e. The number of aromatic nitrogens is 2. The summed E-state index contributed by atoms with van der Waals surface area (Å²) in [6.45, 7) is 3.42. The van der Waals surface area contributed by atoms with Gasteiger partial charge in [-0.15, -0.1) is 0 Å². The van der Waals surface area contributed by atoms with Crippen LogP contribution in [0.25, 0.3) is 0 Å². The summed E-state index contributed by atoms with van der Waals surface area (Å²) in [5.74, 6) is -0.434. The Morgan fingerprint density at radius 2 is 2.21 bits per heavy atom. The van der Waals surface area contributed by atoms with Crippen LogP contribution in [-0.2, 0) is 4.79 Å². The molecule has 0 aliphatic rings. The zero-order valence-electron chi connectivity index (χ0n) is 11.0. The van der Waals surface area contributed by atoms with Crippen molar-refractivity contribution in [2.45, 2.75) is 19.9 Å². The van der Waals surface area contributed by atoms with E-state index < -0.39 is 10.8 Å². The third-order valence-corrected chi connectivity index (χ3v) is 2.44. The van der Waals surface area contributed by atoms with Gasteiger partial charge in [-0.3, -0.25) is 14.9 Å². The van der Waals surface area contributed by atoms with Crippen LogP contribution in [0.15, 0.2) is 6.33 Å². The first-order valence-electron chi connectivity index (χ1n) is 5.60. The monoisotopic (exact) mass is 268 g/mol. The lowest BCUT2D eigenvalue weighted by Crippen LogP contribution is -2.39. The smallest absolute Gasteiger partial charge is 0.353 e. The molecule has 0 aliphatic carbocycles. The zero-order valence-corrected chi connectivity index (χ0v) is 11.0.